The van der Waals surface area contributed by atoms with E-state index in [-0.39, 0.29) is 0 Å². The van der Waals surface area contributed by atoms with Crippen LogP contribution in [0.2, 0.25) is 5.02 Å². The van der Waals surface area contributed by atoms with Crippen molar-refractivity contribution in [3.05, 3.63) is 34.9 Å². The Morgan fingerprint density at radius 2 is 1.62 bits per heavy atom. The van der Waals surface area contributed by atoms with Gasteiger partial charge in [0.15, 0.2) is 5.92 Å². The molecule has 0 radical (unpaired) electrons. The van der Waals surface area contributed by atoms with Crippen LogP contribution in [0.3, 0.4) is 0 Å². The third kappa shape index (κ3) is 3.59. The van der Waals surface area contributed by atoms with Crippen molar-refractivity contribution in [2.45, 2.75) is 64.6 Å². The molecule has 1 saturated heterocycles. The van der Waals surface area contributed by atoms with Crippen LogP contribution in [0.15, 0.2) is 24.3 Å². The first kappa shape index (κ1) is 18.8. The Kier molecular flexibility index (Phi) is 5.59. The van der Waals surface area contributed by atoms with Crippen LogP contribution in [0, 0.1) is 5.92 Å². The molecule has 5 heteroatoms. The fraction of sp³-hybridized carbons (Fsp3) is 0.579. The molecule has 1 aromatic carbocycles. The third-order valence-electron chi connectivity index (χ3n) is 4.74. The highest BCUT2D eigenvalue weighted by molar-refractivity contribution is 6.30. The van der Waals surface area contributed by atoms with E-state index >= 15 is 0 Å². The number of hydrogen-bond donors (Lipinski definition) is 0. The fourth-order valence-corrected chi connectivity index (χ4v) is 3.61. The molecule has 1 aliphatic heterocycles. The molecule has 0 saturated carbocycles. The predicted molar refractivity (Wildman–Crippen MR) is 92.7 cm³/mol. The molecule has 0 bridgehead atoms. The summed E-state index contributed by atoms with van der Waals surface area (Å²) in [6.45, 7) is 7.22. The lowest BCUT2D eigenvalue weighted by Gasteiger charge is -2.43. The second-order valence-electron chi connectivity index (χ2n) is 6.80. The number of carbonyl (C=O) groups is 2. The van der Waals surface area contributed by atoms with Crippen LogP contribution < -0.4 is 0 Å². The maximum absolute atomic E-state index is 12.7. The summed E-state index contributed by atoms with van der Waals surface area (Å²) in [5.41, 5.74) is 0.270. The topological polar surface area (TPSA) is 52.6 Å². The van der Waals surface area contributed by atoms with Crippen LogP contribution >= 0.6 is 11.6 Å². The minimum Gasteiger partial charge on any atom is -0.422 e. The highest BCUT2D eigenvalue weighted by atomic mass is 35.5. The van der Waals surface area contributed by atoms with E-state index in [1.54, 1.807) is 26.0 Å². The van der Waals surface area contributed by atoms with Crippen LogP contribution in [0.1, 0.15) is 58.9 Å². The molecule has 2 rings (SSSR count). The minimum atomic E-state index is -1.21. The predicted octanol–water partition coefficient (Wildman–Crippen LogP) is 4.63. The summed E-state index contributed by atoms with van der Waals surface area (Å²) in [5, 5.41) is 0.620. The number of rotatable bonds is 6. The van der Waals surface area contributed by atoms with Crippen LogP contribution in [0.4, 0.5) is 0 Å². The van der Waals surface area contributed by atoms with Gasteiger partial charge in [0.2, 0.25) is 0 Å². The second-order valence-corrected chi connectivity index (χ2v) is 7.23. The number of esters is 2. The highest BCUT2D eigenvalue weighted by Crippen LogP contribution is 2.44. The Labute approximate surface area is 148 Å². The van der Waals surface area contributed by atoms with E-state index in [4.69, 9.17) is 21.1 Å². The van der Waals surface area contributed by atoms with E-state index < -0.39 is 29.1 Å². The summed E-state index contributed by atoms with van der Waals surface area (Å²) in [5.74, 6) is -3.19. The molecule has 0 N–H and O–H groups in total. The average Bonchev–Trinajstić information content (AvgIpc) is 2.49. The van der Waals surface area contributed by atoms with Crippen molar-refractivity contribution in [1.82, 2.24) is 0 Å². The molecule has 0 aromatic heterocycles. The van der Waals surface area contributed by atoms with Crippen LogP contribution in [0.25, 0.3) is 0 Å². The van der Waals surface area contributed by atoms with E-state index in [1.165, 1.54) is 0 Å². The number of ether oxygens (including phenoxy) is 2. The van der Waals surface area contributed by atoms with E-state index in [0.717, 1.165) is 18.4 Å². The van der Waals surface area contributed by atoms with Crippen molar-refractivity contribution in [3.8, 4) is 0 Å². The highest BCUT2D eigenvalue weighted by Gasteiger charge is 2.54. The lowest BCUT2D eigenvalue weighted by molar-refractivity contribution is -0.244. The zero-order valence-electron chi connectivity index (χ0n) is 14.7. The Balaban J connectivity index is 2.51. The van der Waals surface area contributed by atoms with Crippen LogP contribution in [-0.4, -0.2) is 17.7 Å². The van der Waals surface area contributed by atoms with Crippen molar-refractivity contribution in [2.24, 2.45) is 5.92 Å². The van der Waals surface area contributed by atoms with Gasteiger partial charge in [-0.15, -0.1) is 0 Å². The lowest BCUT2D eigenvalue weighted by atomic mass is 9.65. The molecule has 24 heavy (non-hydrogen) atoms. The normalized spacial score (nSPS) is 20.2. The standard InChI is InChI=1S/C19H25ClO4/c1-5-7-12-19(6-2,13-8-10-14(20)11-9-13)15-16(21)23-18(3,4)24-17(15)22/h8-11,15H,5-7,12H2,1-4H3/t19-/m1/s1. The van der Waals surface area contributed by atoms with Crippen molar-refractivity contribution >= 4 is 23.5 Å². The van der Waals surface area contributed by atoms with E-state index in [0.29, 0.717) is 17.9 Å². The van der Waals surface area contributed by atoms with Gasteiger partial charge in [-0.1, -0.05) is 50.4 Å². The van der Waals surface area contributed by atoms with E-state index in [1.807, 2.05) is 19.1 Å². The zero-order valence-corrected chi connectivity index (χ0v) is 15.5. The number of hydrogen-bond acceptors (Lipinski definition) is 4. The van der Waals surface area contributed by atoms with Gasteiger partial charge in [-0.25, -0.2) is 0 Å². The molecular weight excluding hydrogens is 328 g/mol. The second kappa shape index (κ2) is 7.14. The number of cyclic esters (lactones) is 2. The fourth-order valence-electron chi connectivity index (χ4n) is 3.49. The van der Waals surface area contributed by atoms with Gasteiger partial charge in [-0.05, 0) is 30.5 Å². The van der Waals surface area contributed by atoms with Gasteiger partial charge in [0.1, 0.15) is 0 Å². The summed E-state index contributed by atoms with van der Waals surface area (Å²) in [4.78, 5) is 25.4. The van der Waals surface area contributed by atoms with Crippen molar-refractivity contribution in [1.29, 1.82) is 0 Å². The Hall–Kier alpha value is -1.55. The molecule has 0 spiro atoms. The molecule has 132 valence electrons. The maximum atomic E-state index is 12.7. The lowest BCUT2D eigenvalue weighted by Crippen LogP contribution is -2.54. The summed E-state index contributed by atoms with van der Waals surface area (Å²) < 4.78 is 10.8. The van der Waals surface area contributed by atoms with Gasteiger partial charge in [0.05, 0.1) is 0 Å². The molecule has 4 nitrogen and oxygen atoms in total. The van der Waals surface area contributed by atoms with Crippen molar-refractivity contribution in [3.63, 3.8) is 0 Å². The largest absolute Gasteiger partial charge is 0.422 e. The molecule has 1 heterocycles. The zero-order chi connectivity index (χ0) is 18.0. The van der Waals surface area contributed by atoms with Gasteiger partial charge < -0.3 is 9.47 Å². The quantitative estimate of drug-likeness (QED) is 0.553. The first-order chi connectivity index (χ1) is 11.3. The Bertz CT molecular complexity index is 588. The molecule has 1 fully saturated rings. The van der Waals surface area contributed by atoms with Crippen molar-refractivity contribution in [2.75, 3.05) is 0 Å². The van der Waals surface area contributed by atoms with Crippen LogP contribution in [-0.2, 0) is 24.5 Å². The number of halogens is 1. The van der Waals surface area contributed by atoms with Gasteiger partial charge in [0.25, 0.3) is 5.79 Å². The smallest absolute Gasteiger partial charge is 0.324 e. The maximum Gasteiger partial charge on any atom is 0.324 e. The van der Waals surface area contributed by atoms with Gasteiger partial charge >= 0.3 is 11.9 Å². The summed E-state index contributed by atoms with van der Waals surface area (Å²) >= 11 is 6.01. The Morgan fingerprint density at radius 1 is 1.08 bits per heavy atom. The van der Waals surface area contributed by atoms with E-state index in [9.17, 15) is 9.59 Å². The number of unbranched alkanes of at least 4 members (excludes halogenated alkanes) is 1. The first-order valence-electron chi connectivity index (χ1n) is 8.47. The molecule has 1 atom stereocenters. The SMILES string of the molecule is CCCC[C@](CC)(c1ccc(Cl)cc1)C1C(=O)OC(C)(C)OC1=O. The number of carbonyl (C=O) groups excluding carboxylic acids is 2. The summed E-state index contributed by atoms with van der Waals surface area (Å²) in [6.07, 6.45) is 3.20. The van der Waals surface area contributed by atoms with E-state index in [2.05, 4.69) is 6.92 Å². The molecular formula is C19H25ClO4. The molecule has 1 aliphatic rings. The van der Waals surface area contributed by atoms with Crippen LogP contribution in [0.5, 0.6) is 0 Å². The molecule has 0 aliphatic carbocycles. The monoisotopic (exact) mass is 352 g/mol. The van der Waals surface area contributed by atoms with Gasteiger partial charge in [-0.2, -0.15) is 0 Å². The minimum absolute atomic E-state index is 0.510. The average molecular weight is 353 g/mol. The molecule has 1 aromatic rings. The number of benzene rings is 1. The van der Waals surface area contributed by atoms with Gasteiger partial charge in [0, 0.05) is 24.3 Å². The molecule has 0 unspecified atom stereocenters. The Morgan fingerprint density at radius 3 is 2.08 bits per heavy atom. The third-order valence-corrected chi connectivity index (χ3v) is 5.00. The molecule has 0 amide bonds. The summed E-state index contributed by atoms with van der Waals surface area (Å²) in [7, 11) is 0. The van der Waals surface area contributed by atoms with Gasteiger partial charge in [-0.3, -0.25) is 9.59 Å². The van der Waals surface area contributed by atoms with Crippen molar-refractivity contribution < 1.29 is 19.1 Å². The summed E-state index contributed by atoms with van der Waals surface area (Å²) in [6, 6.07) is 7.36. The first-order valence-corrected chi connectivity index (χ1v) is 8.85.